The minimum atomic E-state index is 0.537. The van der Waals surface area contributed by atoms with Gasteiger partial charge in [0.25, 0.3) is 0 Å². The van der Waals surface area contributed by atoms with E-state index in [-0.39, 0.29) is 0 Å². The Bertz CT molecular complexity index is 438. The van der Waals surface area contributed by atoms with Crippen LogP contribution in [0.3, 0.4) is 0 Å². The number of nitrogen functional groups attached to an aromatic ring is 1. The number of aryl methyl sites for hydroxylation is 1. The molecule has 2 aromatic heterocycles. The van der Waals surface area contributed by atoms with Crippen LogP contribution in [0.15, 0.2) is 36.7 Å². The molecule has 0 unspecified atom stereocenters. The molecule has 0 aromatic carbocycles. The standard InChI is InChI=1S/C11H11N3/c1-8-4-5-10(12)14-11(8)9-3-2-6-13-7-9/h2-7H,1H3,(H2,12,14). The van der Waals surface area contributed by atoms with Gasteiger partial charge in [0.2, 0.25) is 0 Å². The van der Waals surface area contributed by atoms with Crippen molar-refractivity contribution in [1.82, 2.24) is 9.97 Å². The lowest BCUT2D eigenvalue weighted by atomic mass is 10.1. The summed E-state index contributed by atoms with van der Waals surface area (Å²) in [5.74, 6) is 0.537. The summed E-state index contributed by atoms with van der Waals surface area (Å²) in [5, 5.41) is 0. The van der Waals surface area contributed by atoms with Crippen molar-refractivity contribution >= 4 is 5.82 Å². The van der Waals surface area contributed by atoms with Crippen molar-refractivity contribution in [3.8, 4) is 11.3 Å². The minimum Gasteiger partial charge on any atom is -0.384 e. The highest BCUT2D eigenvalue weighted by Crippen LogP contribution is 2.20. The van der Waals surface area contributed by atoms with Gasteiger partial charge >= 0.3 is 0 Å². The molecule has 0 radical (unpaired) electrons. The van der Waals surface area contributed by atoms with Crippen molar-refractivity contribution in [1.29, 1.82) is 0 Å². The zero-order chi connectivity index (χ0) is 9.97. The van der Waals surface area contributed by atoms with Crippen LogP contribution >= 0.6 is 0 Å². The van der Waals surface area contributed by atoms with E-state index < -0.39 is 0 Å². The normalized spacial score (nSPS) is 10.1. The third-order valence-corrected chi connectivity index (χ3v) is 2.05. The summed E-state index contributed by atoms with van der Waals surface area (Å²) in [4.78, 5) is 8.33. The number of hydrogen-bond acceptors (Lipinski definition) is 3. The van der Waals surface area contributed by atoms with Gasteiger partial charge in [0.15, 0.2) is 0 Å². The second-order valence-electron chi connectivity index (χ2n) is 3.14. The van der Waals surface area contributed by atoms with Crippen molar-refractivity contribution in [2.45, 2.75) is 6.92 Å². The van der Waals surface area contributed by atoms with E-state index in [9.17, 15) is 0 Å². The quantitative estimate of drug-likeness (QED) is 0.739. The second-order valence-corrected chi connectivity index (χ2v) is 3.14. The fraction of sp³-hybridized carbons (Fsp3) is 0.0909. The molecule has 0 atom stereocenters. The van der Waals surface area contributed by atoms with Crippen LogP contribution in [-0.4, -0.2) is 9.97 Å². The Kier molecular flexibility index (Phi) is 2.14. The molecule has 0 fully saturated rings. The topological polar surface area (TPSA) is 51.8 Å². The molecular weight excluding hydrogens is 174 g/mol. The molecule has 2 N–H and O–H groups in total. The lowest BCUT2D eigenvalue weighted by Gasteiger charge is -2.04. The van der Waals surface area contributed by atoms with Gasteiger partial charge < -0.3 is 5.73 Å². The number of rotatable bonds is 1. The summed E-state index contributed by atoms with van der Waals surface area (Å²) in [6, 6.07) is 7.63. The molecular formula is C11H11N3. The van der Waals surface area contributed by atoms with Crippen molar-refractivity contribution in [2.75, 3.05) is 5.73 Å². The van der Waals surface area contributed by atoms with Gasteiger partial charge in [0.05, 0.1) is 5.69 Å². The number of nitrogens with zero attached hydrogens (tertiary/aromatic N) is 2. The van der Waals surface area contributed by atoms with Gasteiger partial charge in [-0.05, 0) is 30.7 Å². The number of hydrogen-bond donors (Lipinski definition) is 1. The van der Waals surface area contributed by atoms with E-state index in [1.165, 1.54) is 0 Å². The Morgan fingerprint density at radius 2 is 2.07 bits per heavy atom. The summed E-state index contributed by atoms with van der Waals surface area (Å²) in [7, 11) is 0. The van der Waals surface area contributed by atoms with Gasteiger partial charge in [-0.15, -0.1) is 0 Å². The number of anilines is 1. The van der Waals surface area contributed by atoms with Crippen molar-refractivity contribution < 1.29 is 0 Å². The molecule has 0 bridgehead atoms. The molecule has 0 saturated carbocycles. The predicted molar refractivity (Wildman–Crippen MR) is 56.6 cm³/mol. The largest absolute Gasteiger partial charge is 0.384 e. The molecule has 0 spiro atoms. The van der Waals surface area contributed by atoms with Crippen LogP contribution in [0.2, 0.25) is 0 Å². The first kappa shape index (κ1) is 8.69. The fourth-order valence-corrected chi connectivity index (χ4v) is 1.34. The number of nitrogens with two attached hydrogens (primary N) is 1. The summed E-state index contributed by atoms with van der Waals surface area (Å²) in [5.41, 5.74) is 8.64. The molecule has 0 aliphatic rings. The first-order chi connectivity index (χ1) is 6.77. The van der Waals surface area contributed by atoms with Crippen LogP contribution in [0.25, 0.3) is 11.3 Å². The van der Waals surface area contributed by atoms with E-state index in [4.69, 9.17) is 5.73 Å². The van der Waals surface area contributed by atoms with Gasteiger partial charge in [0, 0.05) is 18.0 Å². The van der Waals surface area contributed by atoms with Crippen LogP contribution in [0, 0.1) is 6.92 Å². The first-order valence-electron chi connectivity index (χ1n) is 4.41. The number of pyridine rings is 2. The zero-order valence-corrected chi connectivity index (χ0v) is 7.94. The summed E-state index contributed by atoms with van der Waals surface area (Å²) < 4.78 is 0. The average Bonchev–Trinajstić information content (AvgIpc) is 2.23. The first-order valence-corrected chi connectivity index (χ1v) is 4.41. The maximum absolute atomic E-state index is 5.63. The minimum absolute atomic E-state index is 0.537. The Labute approximate surface area is 82.6 Å². The Morgan fingerprint density at radius 1 is 1.21 bits per heavy atom. The van der Waals surface area contributed by atoms with E-state index in [0.717, 1.165) is 16.8 Å². The molecule has 3 heteroatoms. The van der Waals surface area contributed by atoms with E-state index in [1.807, 2.05) is 25.1 Å². The van der Waals surface area contributed by atoms with E-state index in [1.54, 1.807) is 18.5 Å². The number of aromatic nitrogens is 2. The van der Waals surface area contributed by atoms with E-state index in [0.29, 0.717) is 5.82 Å². The van der Waals surface area contributed by atoms with Crippen LogP contribution < -0.4 is 5.73 Å². The molecule has 0 aliphatic carbocycles. The lowest BCUT2D eigenvalue weighted by molar-refractivity contribution is 1.25. The zero-order valence-electron chi connectivity index (χ0n) is 7.94. The third kappa shape index (κ3) is 1.57. The molecule has 0 amide bonds. The Hall–Kier alpha value is -1.90. The molecule has 2 rings (SSSR count). The van der Waals surface area contributed by atoms with Gasteiger partial charge in [-0.2, -0.15) is 0 Å². The van der Waals surface area contributed by atoms with Crippen molar-refractivity contribution in [3.63, 3.8) is 0 Å². The van der Waals surface area contributed by atoms with Crippen LogP contribution in [0.5, 0.6) is 0 Å². The molecule has 2 heterocycles. The van der Waals surface area contributed by atoms with E-state index in [2.05, 4.69) is 9.97 Å². The summed E-state index contributed by atoms with van der Waals surface area (Å²) >= 11 is 0. The highest BCUT2D eigenvalue weighted by molar-refractivity contribution is 5.63. The molecule has 0 saturated heterocycles. The van der Waals surface area contributed by atoms with E-state index >= 15 is 0 Å². The Morgan fingerprint density at radius 3 is 2.79 bits per heavy atom. The van der Waals surface area contributed by atoms with Gasteiger partial charge in [-0.1, -0.05) is 6.07 Å². The smallest absolute Gasteiger partial charge is 0.124 e. The van der Waals surface area contributed by atoms with Crippen LogP contribution in [0.4, 0.5) is 5.82 Å². The van der Waals surface area contributed by atoms with Crippen molar-refractivity contribution in [3.05, 3.63) is 42.2 Å². The molecule has 2 aromatic rings. The van der Waals surface area contributed by atoms with Crippen LogP contribution in [0.1, 0.15) is 5.56 Å². The summed E-state index contributed by atoms with van der Waals surface area (Å²) in [6.07, 6.45) is 3.53. The maximum Gasteiger partial charge on any atom is 0.124 e. The van der Waals surface area contributed by atoms with Crippen LogP contribution in [-0.2, 0) is 0 Å². The van der Waals surface area contributed by atoms with Gasteiger partial charge in [0.1, 0.15) is 5.82 Å². The van der Waals surface area contributed by atoms with Gasteiger partial charge in [-0.25, -0.2) is 4.98 Å². The monoisotopic (exact) mass is 185 g/mol. The lowest BCUT2D eigenvalue weighted by Crippen LogP contribution is -1.94. The fourth-order valence-electron chi connectivity index (χ4n) is 1.34. The maximum atomic E-state index is 5.63. The SMILES string of the molecule is Cc1ccc(N)nc1-c1cccnc1. The molecule has 14 heavy (non-hydrogen) atoms. The molecule has 0 aliphatic heterocycles. The molecule has 3 nitrogen and oxygen atoms in total. The average molecular weight is 185 g/mol. The van der Waals surface area contributed by atoms with Crippen molar-refractivity contribution in [2.24, 2.45) is 0 Å². The predicted octanol–water partition coefficient (Wildman–Crippen LogP) is 2.03. The molecule has 70 valence electrons. The summed E-state index contributed by atoms with van der Waals surface area (Å²) in [6.45, 7) is 2.01. The second kappa shape index (κ2) is 3.46. The van der Waals surface area contributed by atoms with Gasteiger partial charge in [-0.3, -0.25) is 4.98 Å². The Balaban J connectivity index is 2.57. The highest BCUT2D eigenvalue weighted by atomic mass is 14.8. The highest BCUT2D eigenvalue weighted by Gasteiger charge is 2.03. The third-order valence-electron chi connectivity index (χ3n) is 2.05.